The molecule has 7 heterocycles. The maximum absolute atomic E-state index is 7.47. The van der Waals surface area contributed by atoms with E-state index in [0.29, 0.717) is 0 Å². The highest BCUT2D eigenvalue weighted by Crippen LogP contribution is 2.53. The van der Waals surface area contributed by atoms with Crippen molar-refractivity contribution < 1.29 is 13.3 Å². The van der Waals surface area contributed by atoms with Crippen LogP contribution in [0.1, 0.15) is 0 Å². The summed E-state index contributed by atoms with van der Waals surface area (Å²) in [5.41, 5.74) is 24.6. The van der Waals surface area contributed by atoms with Gasteiger partial charge in [-0.25, -0.2) is 0 Å². The molecule has 4 aliphatic heterocycles. The largest absolute Gasteiger partial charge is 0.468 e. The van der Waals surface area contributed by atoms with Gasteiger partial charge in [0, 0.05) is 84.6 Å². The van der Waals surface area contributed by atoms with Crippen LogP contribution < -0.4 is 57.7 Å². The minimum Gasteiger partial charge on any atom is -0.468 e. The van der Waals surface area contributed by atoms with Gasteiger partial charge in [0.15, 0.2) is 0 Å². The highest BCUT2D eigenvalue weighted by atomic mass is 16.3. The molecule has 10 heteroatoms. The monoisotopic (exact) mass is 1080 g/mol. The molecule has 0 saturated heterocycles. The fraction of sp³-hybridized carbons (Fsp3) is 0. The van der Waals surface area contributed by atoms with Crippen LogP contribution in [-0.2, 0) is 0 Å². The minimum absolute atomic E-state index is 0.346. The fourth-order valence-corrected chi connectivity index (χ4v) is 14.1. The molecule has 0 radical (unpaired) electrons. The Balaban J connectivity index is 0.992. The molecule has 18 rings (SSSR count). The molecule has 0 saturated carbocycles. The maximum Gasteiger partial charge on any atom is 0.297 e. The van der Waals surface area contributed by atoms with Gasteiger partial charge in [0.1, 0.15) is 16.9 Å². The zero-order valence-corrected chi connectivity index (χ0v) is 45.3. The second-order valence-corrected chi connectivity index (χ2v) is 22.0. The van der Waals surface area contributed by atoms with Crippen molar-refractivity contribution in [2.45, 2.75) is 0 Å². The summed E-state index contributed by atoms with van der Waals surface area (Å²) in [4.78, 5) is 12.2. The zero-order valence-electron chi connectivity index (χ0n) is 45.3. The number of nitrogens with zero attached hydrogens (tertiary/aromatic N) is 5. The van der Waals surface area contributed by atoms with Gasteiger partial charge in [-0.1, -0.05) is 140 Å². The minimum atomic E-state index is -0.361. The molecule has 0 bridgehead atoms. The van der Waals surface area contributed by atoms with E-state index in [4.69, 9.17) is 13.3 Å². The van der Waals surface area contributed by atoms with E-state index in [-0.39, 0.29) is 13.4 Å². The quantitative estimate of drug-likeness (QED) is 0.140. The number of para-hydroxylation sites is 8. The van der Waals surface area contributed by atoms with Gasteiger partial charge in [0.05, 0.1) is 34.6 Å². The average Bonchev–Trinajstić information content (AvgIpc) is 1.42. The Morgan fingerprint density at radius 1 is 0.310 bits per heavy atom. The van der Waals surface area contributed by atoms with Crippen LogP contribution in [-0.4, -0.2) is 13.4 Å². The van der Waals surface area contributed by atoms with Crippen molar-refractivity contribution in [2.24, 2.45) is 0 Å². The van der Waals surface area contributed by atoms with E-state index >= 15 is 0 Å². The van der Waals surface area contributed by atoms with Crippen LogP contribution in [0.4, 0.5) is 85.3 Å². The summed E-state index contributed by atoms with van der Waals surface area (Å²) < 4.78 is 21.2. The molecule has 0 fully saturated rings. The van der Waals surface area contributed by atoms with Gasteiger partial charge in [0.2, 0.25) is 0 Å². The van der Waals surface area contributed by atoms with Gasteiger partial charge in [-0.3, -0.25) is 0 Å². The zero-order chi connectivity index (χ0) is 55.0. The first-order chi connectivity index (χ1) is 41.7. The van der Waals surface area contributed by atoms with Crippen molar-refractivity contribution in [3.05, 3.63) is 285 Å². The summed E-state index contributed by atoms with van der Waals surface area (Å²) in [6.45, 7) is -0.706. The first-order valence-corrected chi connectivity index (χ1v) is 28.6. The van der Waals surface area contributed by atoms with Crippen molar-refractivity contribution in [1.29, 1.82) is 0 Å². The van der Waals surface area contributed by atoms with Crippen LogP contribution in [0.2, 0.25) is 0 Å². The number of furan rings is 3. The first kappa shape index (κ1) is 46.6. The van der Waals surface area contributed by atoms with Crippen LogP contribution in [0.3, 0.4) is 0 Å². The van der Waals surface area contributed by atoms with E-state index < -0.39 is 0 Å². The normalized spacial score (nSPS) is 13.3. The molecule has 0 unspecified atom stereocenters. The van der Waals surface area contributed by atoms with Crippen LogP contribution in [0.15, 0.2) is 299 Å². The second kappa shape index (κ2) is 18.2. The van der Waals surface area contributed by atoms with Crippen LogP contribution in [0.5, 0.6) is 0 Å². The molecular formula is C74H47B2N5O3. The number of hydrogen-bond acceptors (Lipinski definition) is 8. The first-order valence-electron chi connectivity index (χ1n) is 28.6. The number of benzene rings is 11. The highest BCUT2D eigenvalue weighted by Gasteiger charge is 2.52. The third-order valence-corrected chi connectivity index (χ3v) is 17.4. The van der Waals surface area contributed by atoms with Gasteiger partial charge in [0.25, 0.3) is 13.4 Å². The number of hydrogen-bond donors (Lipinski definition) is 0. The Labute approximate surface area is 485 Å². The van der Waals surface area contributed by atoms with Crippen LogP contribution in [0.25, 0.3) is 33.3 Å². The van der Waals surface area contributed by atoms with E-state index in [0.717, 1.165) is 152 Å². The number of anilines is 15. The van der Waals surface area contributed by atoms with Gasteiger partial charge < -0.3 is 37.8 Å². The van der Waals surface area contributed by atoms with Crippen molar-refractivity contribution >= 4 is 154 Å². The van der Waals surface area contributed by atoms with Crippen LogP contribution >= 0.6 is 0 Å². The topological polar surface area (TPSA) is 55.6 Å². The summed E-state index contributed by atoms with van der Waals surface area (Å²) >= 11 is 0. The maximum atomic E-state index is 7.47. The lowest BCUT2D eigenvalue weighted by Crippen LogP contribution is -2.65. The highest BCUT2D eigenvalue weighted by molar-refractivity contribution is 7.02. The van der Waals surface area contributed by atoms with Crippen molar-refractivity contribution in [3.8, 4) is 11.3 Å². The third-order valence-electron chi connectivity index (χ3n) is 17.4. The Bertz CT molecular complexity index is 4850. The summed E-state index contributed by atoms with van der Waals surface area (Å²) in [6.07, 6.45) is 1.76. The summed E-state index contributed by atoms with van der Waals surface area (Å²) in [5.74, 6) is 0.785. The molecule has 11 aromatic carbocycles. The lowest BCUT2D eigenvalue weighted by atomic mass is 9.32. The van der Waals surface area contributed by atoms with Gasteiger partial charge in [-0.2, -0.15) is 0 Å². The average molecular weight is 1080 g/mol. The second-order valence-electron chi connectivity index (χ2n) is 22.0. The predicted octanol–water partition coefficient (Wildman–Crippen LogP) is 16.1. The Hall–Kier alpha value is -11.1. The van der Waals surface area contributed by atoms with Gasteiger partial charge in [-0.05, 0) is 161 Å². The Morgan fingerprint density at radius 2 is 0.690 bits per heavy atom. The van der Waals surface area contributed by atoms with Gasteiger partial charge in [-0.15, -0.1) is 0 Å². The summed E-state index contributed by atoms with van der Waals surface area (Å²) in [7, 11) is 0. The molecular weight excluding hydrogens is 1030 g/mol. The standard InChI is InChI=1S/C74H47B2N5O3/c1-7-24-49(25-8-1)77(50-26-9-2-10-27-50)55-44-64-70-65(45-55)81(54-34-17-6-18-35-54)72-57-37-20-22-39-68(57)84-74(72)76(70)59-46-58-60(47-61(59)79(64)52-30-13-4-14-31-52)78(51-28-11-3-12-29-51)62-42-48(66-40-23-41-82-66)43-63-69(62)75(58)73-71(56-36-19-21-38-67(56)83-73)80(63)53-32-15-5-16-33-53/h1-47H. The van der Waals surface area contributed by atoms with Gasteiger partial charge >= 0.3 is 0 Å². The lowest BCUT2D eigenvalue weighted by Gasteiger charge is -2.46. The van der Waals surface area contributed by atoms with E-state index in [1.54, 1.807) is 6.26 Å². The molecule has 0 amide bonds. The van der Waals surface area contributed by atoms with Crippen molar-refractivity contribution in [2.75, 3.05) is 24.5 Å². The number of rotatable bonds is 8. The molecule has 0 N–H and O–H groups in total. The molecule has 84 heavy (non-hydrogen) atoms. The predicted molar refractivity (Wildman–Crippen MR) is 346 cm³/mol. The van der Waals surface area contributed by atoms with Crippen molar-refractivity contribution in [3.63, 3.8) is 0 Å². The van der Waals surface area contributed by atoms with E-state index in [1.165, 1.54) is 0 Å². The fourth-order valence-electron chi connectivity index (χ4n) is 14.1. The SMILES string of the molecule is c1ccc(N(c2ccccc2)c2cc3c4c(c2)N(c2ccccc2)c2c(oc5ccccc25)B4c2cc4c(cc2N3c2ccccc2)N(c2ccccc2)c2cc(-c3ccco3)cc3c2B4c2oc4ccccc4c2N3c2ccccc2)cc1. The summed E-state index contributed by atoms with van der Waals surface area (Å²) in [5, 5.41) is 2.09. The molecule has 8 nitrogen and oxygen atoms in total. The van der Waals surface area contributed by atoms with Crippen LogP contribution in [0, 0.1) is 0 Å². The van der Waals surface area contributed by atoms with E-state index in [9.17, 15) is 0 Å². The lowest BCUT2D eigenvalue weighted by molar-refractivity contribution is 0.582. The third kappa shape index (κ3) is 6.79. The molecule has 4 aliphatic rings. The van der Waals surface area contributed by atoms with E-state index in [1.807, 2.05) is 6.07 Å². The van der Waals surface area contributed by atoms with E-state index in [2.05, 4.69) is 297 Å². The van der Waals surface area contributed by atoms with Crippen molar-refractivity contribution in [1.82, 2.24) is 0 Å². The molecule has 0 spiro atoms. The Morgan fingerprint density at radius 3 is 1.13 bits per heavy atom. The Kier molecular flexibility index (Phi) is 10.1. The number of fused-ring (bicyclic) bond motifs is 12. The molecule has 0 aliphatic carbocycles. The molecule has 3 aromatic heterocycles. The smallest absolute Gasteiger partial charge is 0.297 e. The summed E-state index contributed by atoms with van der Waals surface area (Å²) in [6, 6.07) is 100. The molecule has 392 valence electrons. The molecule has 14 aromatic rings. The molecule has 0 atom stereocenters.